The summed E-state index contributed by atoms with van der Waals surface area (Å²) < 4.78 is 2.50. The number of hydrogen-bond acceptors (Lipinski definition) is 2. The molecule has 1 N–H and O–H groups in total. The highest BCUT2D eigenvalue weighted by molar-refractivity contribution is 7.71. The largest absolute Gasteiger partial charge is 0.335 e. The molecule has 1 aromatic heterocycles. The van der Waals surface area contributed by atoms with Crippen molar-refractivity contribution in [2.45, 2.75) is 57.4 Å². The topological polar surface area (TPSA) is 37.8 Å². The highest BCUT2D eigenvalue weighted by Gasteiger charge is 2.22. The van der Waals surface area contributed by atoms with Crippen LogP contribution in [0.1, 0.15) is 55.8 Å². The summed E-state index contributed by atoms with van der Waals surface area (Å²) in [5, 5.41) is 0. The Labute approximate surface area is 106 Å². The van der Waals surface area contributed by atoms with Crippen LogP contribution in [0.5, 0.6) is 0 Å². The predicted molar refractivity (Wildman–Crippen MR) is 70.0 cm³/mol. The van der Waals surface area contributed by atoms with Gasteiger partial charge < -0.3 is 4.98 Å². The maximum absolute atomic E-state index is 12.5. The van der Waals surface area contributed by atoms with E-state index >= 15 is 0 Å². The van der Waals surface area contributed by atoms with Crippen molar-refractivity contribution in [2.24, 2.45) is 0 Å². The van der Waals surface area contributed by atoms with Crippen molar-refractivity contribution >= 4 is 12.2 Å². The summed E-state index contributed by atoms with van der Waals surface area (Å²) in [5.41, 5.74) is 2.27. The fourth-order valence-corrected chi connectivity index (χ4v) is 3.57. The van der Waals surface area contributed by atoms with E-state index in [0.717, 1.165) is 43.4 Å². The first-order valence-electron chi connectivity index (χ1n) is 6.64. The molecule has 4 heteroatoms. The van der Waals surface area contributed by atoms with E-state index in [4.69, 9.17) is 12.2 Å². The van der Waals surface area contributed by atoms with Gasteiger partial charge in [0, 0.05) is 17.3 Å². The van der Waals surface area contributed by atoms with Crippen LogP contribution in [0.15, 0.2) is 4.79 Å². The number of nitrogens with zero attached hydrogens (tertiary/aromatic N) is 1. The van der Waals surface area contributed by atoms with Crippen molar-refractivity contribution < 1.29 is 0 Å². The van der Waals surface area contributed by atoms with Crippen molar-refractivity contribution in [3.63, 3.8) is 0 Å². The fraction of sp³-hybridized carbons (Fsp3) is 0.692. The maximum atomic E-state index is 12.5. The predicted octanol–water partition coefficient (Wildman–Crippen LogP) is 2.90. The summed E-state index contributed by atoms with van der Waals surface area (Å²) >= 11 is 5.37. The molecule has 0 saturated heterocycles. The number of fused-ring (bicyclic) bond motifs is 1. The zero-order valence-electron chi connectivity index (χ0n) is 10.00. The quantitative estimate of drug-likeness (QED) is 0.778. The van der Waals surface area contributed by atoms with E-state index in [-0.39, 0.29) is 5.56 Å². The highest BCUT2D eigenvalue weighted by atomic mass is 32.1. The molecular formula is C13H18N2OS. The maximum Gasteiger partial charge on any atom is 0.257 e. The number of hydrogen-bond donors (Lipinski definition) is 1. The Morgan fingerprint density at radius 1 is 1.12 bits per heavy atom. The molecule has 92 valence electrons. The number of aromatic amines is 1. The summed E-state index contributed by atoms with van der Waals surface area (Å²) in [7, 11) is 0. The van der Waals surface area contributed by atoms with Crippen LogP contribution in [0, 0.1) is 4.77 Å². The van der Waals surface area contributed by atoms with Crippen molar-refractivity contribution in [2.75, 3.05) is 0 Å². The molecule has 2 aliphatic carbocycles. The molecule has 0 bridgehead atoms. The lowest BCUT2D eigenvalue weighted by molar-refractivity contribution is 0.339. The average Bonchev–Trinajstić information content (AvgIpc) is 2.78. The first-order valence-corrected chi connectivity index (χ1v) is 7.05. The Hall–Kier alpha value is -0.900. The molecule has 0 spiro atoms. The zero-order valence-corrected chi connectivity index (χ0v) is 10.8. The average molecular weight is 250 g/mol. The molecule has 0 amide bonds. The number of aryl methyl sites for hydroxylation is 1. The van der Waals surface area contributed by atoms with Gasteiger partial charge in [-0.1, -0.05) is 19.3 Å². The third kappa shape index (κ3) is 1.88. The minimum atomic E-state index is 0.188. The van der Waals surface area contributed by atoms with E-state index in [2.05, 4.69) is 4.98 Å². The van der Waals surface area contributed by atoms with Gasteiger partial charge in [0.2, 0.25) is 0 Å². The minimum Gasteiger partial charge on any atom is -0.335 e. The highest BCUT2D eigenvalue weighted by Crippen LogP contribution is 2.28. The van der Waals surface area contributed by atoms with Crippen LogP contribution in [0.2, 0.25) is 0 Å². The van der Waals surface area contributed by atoms with Crippen LogP contribution in [-0.4, -0.2) is 9.55 Å². The van der Waals surface area contributed by atoms with E-state index in [1.807, 2.05) is 4.57 Å². The summed E-state index contributed by atoms with van der Waals surface area (Å²) in [4.78, 5) is 15.7. The number of rotatable bonds is 1. The molecule has 0 atom stereocenters. The molecule has 0 unspecified atom stereocenters. The van der Waals surface area contributed by atoms with E-state index in [9.17, 15) is 4.79 Å². The van der Waals surface area contributed by atoms with Crippen LogP contribution in [-0.2, 0) is 12.8 Å². The third-order valence-electron chi connectivity index (χ3n) is 4.11. The van der Waals surface area contributed by atoms with Crippen molar-refractivity contribution in [3.05, 3.63) is 26.4 Å². The molecule has 1 saturated carbocycles. The molecule has 17 heavy (non-hydrogen) atoms. The lowest BCUT2D eigenvalue weighted by atomic mass is 9.95. The Balaban J connectivity index is 2.10. The van der Waals surface area contributed by atoms with Gasteiger partial charge in [-0.05, 0) is 44.3 Å². The Bertz CT molecular complexity index is 537. The first kappa shape index (κ1) is 11.2. The van der Waals surface area contributed by atoms with Crippen LogP contribution in [0.4, 0.5) is 0 Å². The summed E-state index contributed by atoms with van der Waals surface area (Å²) in [6, 6.07) is 0.339. The molecule has 1 fully saturated rings. The van der Waals surface area contributed by atoms with E-state index in [1.165, 1.54) is 19.3 Å². The monoisotopic (exact) mass is 250 g/mol. The van der Waals surface area contributed by atoms with E-state index in [0.29, 0.717) is 10.8 Å². The smallest absolute Gasteiger partial charge is 0.257 e. The molecule has 1 heterocycles. The fourth-order valence-electron chi connectivity index (χ4n) is 3.22. The van der Waals surface area contributed by atoms with Crippen molar-refractivity contribution in [3.8, 4) is 0 Å². The second-order valence-corrected chi connectivity index (χ2v) is 5.59. The molecule has 0 aliphatic heterocycles. The summed E-state index contributed by atoms with van der Waals surface area (Å²) in [5.74, 6) is 0. The lowest BCUT2D eigenvalue weighted by Gasteiger charge is -2.24. The van der Waals surface area contributed by atoms with E-state index in [1.54, 1.807) is 0 Å². The summed E-state index contributed by atoms with van der Waals surface area (Å²) in [6.45, 7) is 0. The SMILES string of the molecule is O=c1c2c([nH]c(=S)n1C1CCCCC1)CCC2. The van der Waals surface area contributed by atoms with Gasteiger partial charge in [0.15, 0.2) is 4.77 Å². The van der Waals surface area contributed by atoms with Gasteiger partial charge >= 0.3 is 0 Å². The normalized spacial score (nSPS) is 20.5. The molecular weight excluding hydrogens is 232 g/mol. The van der Waals surface area contributed by atoms with Gasteiger partial charge in [-0.2, -0.15) is 0 Å². The van der Waals surface area contributed by atoms with Crippen LogP contribution in [0.3, 0.4) is 0 Å². The Kier molecular flexibility index (Phi) is 2.90. The molecule has 0 aromatic carbocycles. The van der Waals surface area contributed by atoms with Crippen LogP contribution >= 0.6 is 12.2 Å². The van der Waals surface area contributed by atoms with Gasteiger partial charge in [0.05, 0.1) is 0 Å². The van der Waals surface area contributed by atoms with Crippen molar-refractivity contribution in [1.29, 1.82) is 0 Å². The number of aromatic nitrogens is 2. The number of nitrogens with one attached hydrogen (secondary N) is 1. The first-order chi connectivity index (χ1) is 8.27. The molecule has 3 nitrogen and oxygen atoms in total. The minimum absolute atomic E-state index is 0.188. The van der Waals surface area contributed by atoms with Gasteiger partial charge in [-0.15, -0.1) is 0 Å². The van der Waals surface area contributed by atoms with Crippen molar-refractivity contribution in [1.82, 2.24) is 9.55 Å². The molecule has 3 rings (SSSR count). The second kappa shape index (κ2) is 4.41. The van der Waals surface area contributed by atoms with Crippen LogP contribution < -0.4 is 5.56 Å². The van der Waals surface area contributed by atoms with E-state index < -0.39 is 0 Å². The third-order valence-corrected chi connectivity index (χ3v) is 4.41. The summed E-state index contributed by atoms with van der Waals surface area (Å²) in [6.07, 6.45) is 8.96. The lowest BCUT2D eigenvalue weighted by Crippen LogP contribution is -2.30. The number of H-pyrrole nitrogens is 1. The standard InChI is InChI=1S/C13H18N2OS/c16-12-10-7-4-8-11(10)14-13(17)15(12)9-5-2-1-3-6-9/h9H,1-8H2,(H,14,17). The van der Waals surface area contributed by atoms with Crippen LogP contribution in [0.25, 0.3) is 0 Å². The molecule has 0 radical (unpaired) electrons. The zero-order chi connectivity index (χ0) is 11.8. The Morgan fingerprint density at radius 2 is 1.88 bits per heavy atom. The molecule has 1 aromatic rings. The molecule has 2 aliphatic rings. The van der Waals surface area contributed by atoms with Gasteiger partial charge in [0.1, 0.15) is 0 Å². The second-order valence-electron chi connectivity index (χ2n) is 5.21. The Morgan fingerprint density at radius 3 is 2.65 bits per heavy atom. The van der Waals surface area contributed by atoms with Gasteiger partial charge in [-0.3, -0.25) is 9.36 Å². The van der Waals surface area contributed by atoms with Gasteiger partial charge in [0.25, 0.3) is 5.56 Å². The van der Waals surface area contributed by atoms with Gasteiger partial charge in [-0.25, -0.2) is 0 Å².